The van der Waals surface area contributed by atoms with Crippen LogP contribution >= 0.6 is 0 Å². The molecular weight excluding hydrogens is 316 g/mol. The van der Waals surface area contributed by atoms with Crippen molar-refractivity contribution in [2.75, 3.05) is 50.6 Å². The van der Waals surface area contributed by atoms with E-state index in [1.807, 2.05) is 24.3 Å². The van der Waals surface area contributed by atoms with E-state index in [-0.39, 0.29) is 0 Å². The smallest absolute Gasteiger partial charge is 0.174 e. The fraction of sp³-hybridized carbons (Fsp3) is 0.389. The van der Waals surface area contributed by atoms with E-state index >= 15 is 0 Å². The molecule has 0 atom stereocenters. The monoisotopic (exact) mass is 341 g/mol. The third-order valence-corrected chi connectivity index (χ3v) is 4.43. The van der Waals surface area contributed by atoms with Gasteiger partial charge in [-0.15, -0.1) is 0 Å². The minimum atomic E-state index is 0.636. The largest absolute Gasteiger partial charge is 0.497 e. The van der Waals surface area contributed by atoms with Crippen LogP contribution in [0.1, 0.15) is 11.1 Å². The van der Waals surface area contributed by atoms with Gasteiger partial charge in [-0.3, -0.25) is 5.41 Å². The average molecular weight is 341 g/mol. The molecular formula is C18H25N6O+. The van der Waals surface area contributed by atoms with Crippen molar-refractivity contribution in [2.24, 2.45) is 0 Å². The van der Waals surface area contributed by atoms with Gasteiger partial charge in [0.2, 0.25) is 0 Å². The maximum atomic E-state index is 5.90. The molecule has 1 aromatic carbocycles. The number of nitrogens with zero attached hydrogens (tertiary/aromatic N) is 4. The molecule has 1 aromatic heterocycles. The molecule has 0 radical (unpaired) electrons. The van der Waals surface area contributed by atoms with Crippen molar-refractivity contribution in [1.29, 1.82) is 0 Å². The van der Waals surface area contributed by atoms with E-state index < -0.39 is 0 Å². The van der Waals surface area contributed by atoms with Gasteiger partial charge in [0, 0.05) is 32.7 Å². The van der Waals surface area contributed by atoms with Crippen LogP contribution in [0.25, 0.3) is 0 Å². The fourth-order valence-corrected chi connectivity index (χ4v) is 2.92. The Morgan fingerprint density at radius 2 is 2.04 bits per heavy atom. The molecule has 7 nitrogen and oxygen atoms in total. The Kier molecular flexibility index (Phi) is 5.45. The van der Waals surface area contributed by atoms with Crippen LogP contribution in [0.4, 0.5) is 11.6 Å². The second kappa shape index (κ2) is 7.94. The zero-order chi connectivity index (χ0) is 17.6. The molecule has 0 amide bonds. The molecule has 1 fully saturated rings. The van der Waals surface area contributed by atoms with Crippen LogP contribution < -0.4 is 20.4 Å². The zero-order valence-electron chi connectivity index (χ0n) is 14.8. The molecule has 2 heterocycles. The number of methoxy groups -OCH3 is 1. The number of likely N-dealkylation sites (N-methyl/N-ethyl adjacent to an activating group) is 1. The standard InChI is InChI=1S/C18H24N6O/c1-23-6-8-24(9-7-23)18-16(11-19)17(21-13-22-18)20-12-14-4-3-5-15(10-14)25-2/h3-5,10-11,13,19H,6-9,12H2,1-2H3,(H,20,21,22)/p+1. The first-order valence-electron chi connectivity index (χ1n) is 8.41. The van der Waals surface area contributed by atoms with Gasteiger partial charge < -0.3 is 19.9 Å². The van der Waals surface area contributed by atoms with Crippen LogP contribution in [0.15, 0.2) is 30.6 Å². The van der Waals surface area contributed by atoms with E-state index in [4.69, 9.17) is 10.1 Å². The van der Waals surface area contributed by atoms with Crippen molar-refractivity contribution in [2.45, 2.75) is 6.54 Å². The van der Waals surface area contributed by atoms with Crippen molar-refractivity contribution < 1.29 is 10.1 Å². The Morgan fingerprint density at radius 3 is 2.76 bits per heavy atom. The number of nitrogens with one attached hydrogen (secondary N) is 1. The van der Waals surface area contributed by atoms with Crippen LogP contribution in [-0.4, -0.2) is 61.4 Å². The minimum absolute atomic E-state index is 0.636. The Balaban J connectivity index is 1.77. The topological polar surface area (TPSA) is 79.1 Å². The van der Waals surface area contributed by atoms with E-state index in [1.165, 1.54) is 0 Å². The first-order chi connectivity index (χ1) is 12.2. The number of hydrogen-bond acceptors (Lipinski definition) is 6. The summed E-state index contributed by atoms with van der Waals surface area (Å²) in [7, 11) is 3.80. The third-order valence-electron chi connectivity index (χ3n) is 4.43. The number of nitrogens with two attached hydrogens (primary N) is 1. The summed E-state index contributed by atoms with van der Waals surface area (Å²) >= 11 is 0. The van der Waals surface area contributed by atoms with Gasteiger partial charge >= 0.3 is 0 Å². The Hall–Kier alpha value is -2.67. The number of rotatable bonds is 6. The number of piperazine rings is 1. The predicted octanol–water partition coefficient (Wildman–Crippen LogP) is 0.0271. The first kappa shape index (κ1) is 17.2. The lowest BCUT2D eigenvalue weighted by Gasteiger charge is -2.33. The molecule has 1 saturated heterocycles. The minimum Gasteiger partial charge on any atom is -0.497 e. The van der Waals surface area contributed by atoms with Gasteiger partial charge in [0.05, 0.1) is 7.11 Å². The molecule has 0 aliphatic carbocycles. The maximum Gasteiger partial charge on any atom is 0.174 e. The van der Waals surface area contributed by atoms with Crippen LogP contribution in [0, 0.1) is 0 Å². The molecule has 1 aliphatic heterocycles. The number of aromatic nitrogens is 2. The molecule has 132 valence electrons. The molecule has 3 N–H and O–H groups in total. The zero-order valence-corrected chi connectivity index (χ0v) is 14.8. The highest BCUT2D eigenvalue weighted by molar-refractivity contribution is 5.89. The van der Waals surface area contributed by atoms with Crippen LogP contribution in [-0.2, 0) is 6.54 Å². The maximum absolute atomic E-state index is 5.90. The normalized spacial score (nSPS) is 15.0. The molecule has 0 unspecified atom stereocenters. The van der Waals surface area contributed by atoms with Crippen LogP contribution in [0.2, 0.25) is 0 Å². The van der Waals surface area contributed by atoms with E-state index in [2.05, 4.69) is 32.1 Å². The molecule has 1 aliphatic rings. The first-order valence-corrected chi connectivity index (χ1v) is 8.41. The van der Waals surface area contributed by atoms with Crippen LogP contribution in [0.3, 0.4) is 0 Å². The molecule has 25 heavy (non-hydrogen) atoms. The van der Waals surface area contributed by atoms with Gasteiger partial charge in [0.15, 0.2) is 6.21 Å². The van der Waals surface area contributed by atoms with E-state index in [0.717, 1.165) is 54.7 Å². The number of anilines is 2. The Bertz CT molecular complexity index is 727. The van der Waals surface area contributed by atoms with Gasteiger partial charge in [0.25, 0.3) is 0 Å². The van der Waals surface area contributed by atoms with Crippen molar-refractivity contribution in [3.8, 4) is 5.75 Å². The summed E-state index contributed by atoms with van der Waals surface area (Å²) in [5.41, 5.74) is 1.96. The molecule has 0 saturated carbocycles. The second-order valence-corrected chi connectivity index (χ2v) is 6.12. The lowest BCUT2D eigenvalue weighted by atomic mass is 10.2. The summed E-state index contributed by atoms with van der Waals surface area (Å²) in [6.07, 6.45) is 3.18. The van der Waals surface area contributed by atoms with Gasteiger partial charge in [-0.1, -0.05) is 12.1 Å². The SMILES string of the molecule is COc1cccc(CNc2ncnc(N3CCN(C)CC3)c2C=[NH2+])c1. The van der Waals surface area contributed by atoms with E-state index in [1.54, 1.807) is 19.7 Å². The molecule has 7 heteroatoms. The van der Waals surface area contributed by atoms with Gasteiger partial charge in [-0.25, -0.2) is 9.97 Å². The highest BCUT2D eigenvalue weighted by Gasteiger charge is 2.21. The average Bonchev–Trinajstić information content (AvgIpc) is 2.66. The fourth-order valence-electron chi connectivity index (χ4n) is 2.92. The summed E-state index contributed by atoms with van der Waals surface area (Å²) in [6.45, 7) is 4.53. The van der Waals surface area contributed by atoms with Gasteiger partial charge in [-0.2, -0.15) is 0 Å². The summed E-state index contributed by atoms with van der Waals surface area (Å²) < 4.78 is 5.27. The van der Waals surface area contributed by atoms with Crippen LogP contribution in [0.5, 0.6) is 5.75 Å². The lowest BCUT2D eigenvalue weighted by molar-refractivity contribution is -0.104. The molecule has 2 aromatic rings. The van der Waals surface area contributed by atoms with E-state index in [0.29, 0.717) is 6.54 Å². The summed E-state index contributed by atoms with van der Waals surface area (Å²) in [5.74, 6) is 2.47. The summed E-state index contributed by atoms with van der Waals surface area (Å²) in [6, 6.07) is 7.95. The molecule has 3 rings (SSSR count). The summed E-state index contributed by atoms with van der Waals surface area (Å²) in [5, 5.41) is 9.26. The van der Waals surface area contributed by atoms with Gasteiger partial charge in [-0.05, 0) is 24.7 Å². The van der Waals surface area contributed by atoms with E-state index in [9.17, 15) is 0 Å². The second-order valence-electron chi connectivity index (χ2n) is 6.12. The highest BCUT2D eigenvalue weighted by atomic mass is 16.5. The third kappa shape index (κ3) is 4.06. The number of hydrogen-bond donors (Lipinski definition) is 2. The summed E-state index contributed by atoms with van der Waals surface area (Å²) in [4.78, 5) is 13.4. The Labute approximate surface area is 148 Å². The van der Waals surface area contributed by atoms with Crippen molar-refractivity contribution >= 4 is 17.9 Å². The van der Waals surface area contributed by atoms with Gasteiger partial charge in [0.1, 0.15) is 29.3 Å². The quantitative estimate of drug-likeness (QED) is 0.722. The molecule has 0 spiro atoms. The number of benzene rings is 1. The van der Waals surface area contributed by atoms with Crippen molar-refractivity contribution in [3.63, 3.8) is 0 Å². The molecule has 0 bridgehead atoms. The van der Waals surface area contributed by atoms with Crippen molar-refractivity contribution in [3.05, 3.63) is 41.7 Å². The lowest BCUT2D eigenvalue weighted by Crippen LogP contribution is -2.45. The highest BCUT2D eigenvalue weighted by Crippen LogP contribution is 2.23. The number of ether oxygens (including phenoxy) is 1. The van der Waals surface area contributed by atoms with Crippen molar-refractivity contribution in [1.82, 2.24) is 14.9 Å². The Morgan fingerprint density at radius 1 is 1.24 bits per heavy atom. The predicted molar refractivity (Wildman–Crippen MR) is 99.2 cm³/mol.